The van der Waals surface area contributed by atoms with Gasteiger partial charge in [0.1, 0.15) is 5.69 Å². The van der Waals surface area contributed by atoms with Gasteiger partial charge in [-0.2, -0.15) is 5.10 Å². The van der Waals surface area contributed by atoms with Crippen molar-refractivity contribution in [3.8, 4) is 5.75 Å². The largest absolute Gasteiger partial charge is 0.493 e. The number of ether oxygens (including phenoxy) is 1. The van der Waals surface area contributed by atoms with E-state index >= 15 is 0 Å². The smallest absolute Gasteiger partial charge is 0.161 e. The second-order valence-corrected chi connectivity index (χ2v) is 5.05. The van der Waals surface area contributed by atoms with Crippen molar-refractivity contribution in [3.63, 3.8) is 0 Å². The molecule has 0 bridgehead atoms. The molecule has 0 spiro atoms. The van der Waals surface area contributed by atoms with Crippen molar-refractivity contribution in [2.24, 2.45) is 0 Å². The number of aryl methyl sites for hydroxylation is 1. The molecule has 0 amide bonds. The molecule has 4 nitrogen and oxygen atoms in total. The molecule has 0 aliphatic carbocycles. The van der Waals surface area contributed by atoms with E-state index in [0.717, 1.165) is 25.3 Å². The number of nitrogens with one attached hydrogen (secondary N) is 1. The van der Waals surface area contributed by atoms with E-state index in [2.05, 4.69) is 28.9 Å². The highest BCUT2D eigenvalue weighted by Gasteiger charge is 2.36. The normalized spacial score (nSPS) is 24.8. The van der Waals surface area contributed by atoms with Crippen LogP contribution in [-0.4, -0.2) is 23.4 Å². The van der Waals surface area contributed by atoms with Crippen molar-refractivity contribution in [3.05, 3.63) is 11.9 Å². The lowest BCUT2D eigenvalue weighted by Gasteiger charge is -2.34. The lowest BCUT2D eigenvalue weighted by Crippen LogP contribution is -2.43. The zero-order valence-electron chi connectivity index (χ0n) is 11.8. The molecule has 4 heteroatoms. The van der Waals surface area contributed by atoms with Gasteiger partial charge in [-0.15, -0.1) is 0 Å². The maximum Gasteiger partial charge on any atom is 0.161 e. The molecule has 1 aliphatic heterocycles. The standard InChI is InChI=1S/C14H25N3O/c1-4-14(9-7-6-8-10-15-14)13-12(18-3)11-16-17(13)5-2/h11,15H,4-10H2,1-3H3. The van der Waals surface area contributed by atoms with Crippen molar-refractivity contribution < 1.29 is 4.74 Å². The molecule has 1 aromatic rings. The maximum absolute atomic E-state index is 5.53. The Morgan fingerprint density at radius 2 is 2.22 bits per heavy atom. The van der Waals surface area contributed by atoms with Crippen LogP contribution in [0.5, 0.6) is 5.75 Å². The highest BCUT2D eigenvalue weighted by Crippen LogP contribution is 2.38. The predicted octanol–water partition coefficient (Wildman–Crippen LogP) is 2.68. The molecule has 1 N–H and O–H groups in total. The molecule has 1 aromatic heterocycles. The topological polar surface area (TPSA) is 39.1 Å². The van der Waals surface area contributed by atoms with Crippen LogP contribution in [0.2, 0.25) is 0 Å². The molecule has 0 saturated carbocycles. The van der Waals surface area contributed by atoms with Crippen molar-refractivity contribution in [2.75, 3.05) is 13.7 Å². The average molecular weight is 251 g/mol. The lowest BCUT2D eigenvalue weighted by atomic mass is 9.86. The van der Waals surface area contributed by atoms with Crippen molar-refractivity contribution in [1.82, 2.24) is 15.1 Å². The Kier molecular flexibility index (Phi) is 4.27. The van der Waals surface area contributed by atoms with Crippen LogP contribution in [-0.2, 0) is 12.1 Å². The van der Waals surface area contributed by atoms with Gasteiger partial charge in [-0.05, 0) is 32.7 Å². The van der Waals surface area contributed by atoms with Crippen LogP contribution >= 0.6 is 0 Å². The third-order valence-electron chi connectivity index (χ3n) is 4.13. The van der Waals surface area contributed by atoms with E-state index < -0.39 is 0 Å². The Morgan fingerprint density at radius 3 is 2.89 bits per heavy atom. The van der Waals surface area contributed by atoms with E-state index in [1.807, 2.05) is 6.20 Å². The van der Waals surface area contributed by atoms with E-state index in [-0.39, 0.29) is 5.54 Å². The quantitative estimate of drug-likeness (QED) is 0.894. The van der Waals surface area contributed by atoms with Gasteiger partial charge in [0.2, 0.25) is 0 Å². The summed E-state index contributed by atoms with van der Waals surface area (Å²) in [6.07, 6.45) is 7.96. The minimum atomic E-state index is 0.0361. The first-order chi connectivity index (χ1) is 8.77. The molecular formula is C14H25N3O. The molecule has 2 heterocycles. The van der Waals surface area contributed by atoms with Crippen LogP contribution in [0, 0.1) is 0 Å². The van der Waals surface area contributed by atoms with Crippen molar-refractivity contribution in [2.45, 2.75) is 58.0 Å². The van der Waals surface area contributed by atoms with Gasteiger partial charge < -0.3 is 10.1 Å². The van der Waals surface area contributed by atoms with Crippen LogP contribution in [0.4, 0.5) is 0 Å². The predicted molar refractivity (Wildman–Crippen MR) is 72.9 cm³/mol. The summed E-state index contributed by atoms with van der Waals surface area (Å²) in [6, 6.07) is 0. The van der Waals surface area contributed by atoms with E-state index in [4.69, 9.17) is 4.74 Å². The first kappa shape index (κ1) is 13.4. The summed E-state index contributed by atoms with van der Waals surface area (Å²) in [5.74, 6) is 0.924. The summed E-state index contributed by atoms with van der Waals surface area (Å²) in [5.41, 5.74) is 1.27. The van der Waals surface area contributed by atoms with E-state index in [1.165, 1.54) is 31.4 Å². The second kappa shape index (κ2) is 5.74. The van der Waals surface area contributed by atoms with Gasteiger partial charge in [0.15, 0.2) is 5.75 Å². The van der Waals surface area contributed by atoms with Crippen LogP contribution in [0.3, 0.4) is 0 Å². The van der Waals surface area contributed by atoms with Gasteiger partial charge >= 0.3 is 0 Å². The van der Waals surface area contributed by atoms with E-state index in [1.54, 1.807) is 7.11 Å². The summed E-state index contributed by atoms with van der Waals surface area (Å²) < 4.78 is 7.61. The molecule has 1 aliphatic rings. The minimum Gasteiger partial charge on any atom is -0.493 e. The molecule has 1 atom stereocenters. The summed E-state index contributed by atoms with van der Waals surface area (Å²) in [4.78, 5) is 0. The fourth-order valence-corrected chi connectivity index (χ4v) is 3.06. The van der Waals surface area contributed by atoms with Gasteiger partial charge in [0, 0.05) is 6.54 Å². The lowest BCUT2D eigenvalue weighted by molar-refractivity contribution is 0.274. The molecular weight excluding hydrogens is 226 g/mol. The highest BCUT2D eigenvalue weighted by atomic mass is 16.5. The SMILES string of the molecule is CCn1ncc(OC)c1C1(CC)CCCCCN1. The van der Waals surface area contributed by atoms with Gasteiger partial charge in [-0.25, -0.2) is 0 Å². The molecule has 0 aromatic carbocycles. The van der Waals surface area contributed by atoms with Gasteiger partial charge in [-0.3, -0.25) is 4.68 Å². The number of hydrogen-bond donors (Lipinski definition) is 1. The fourth-order valence-electron chi connectivity index (χ4n) is 3.06. The zero-order chi connectivity index (χ0) is 13.0. The average Bonchev–Trinajstić information content (AvgIpc) is 2.69. The van der Waals surface area contributed by atoms with Crippen LogP contribution < -0.4 is 10.1 Å². The first-order valence-corrected chi connectivity index (χ1v) is 7.12. The number of methoxy groups -OCH3 is 1. The molecule has 2 rings (SSSR count). The molecule has 1 fully saturated rings. The Morgan fingerprint density at radius 1 is 1.39 bits per heavy atom. The molecule has 0 radical (unpaired) electrons. The van der Waals surface area contributed by atoms with Gasteiger partial charge in [-0.1, -0.05) is 19.8 Å². The molecule has 1 unspecified atom stereocenters. The Labute approximate surface area is 110 Å². The monoisotopic (exact) mass is 251 g/mol. The zero-order valence-corrected chi connectivity index (χ0v) is 11.8. The molecule has 1 saturated heterocycles. The van der Waals surface area contributed by atoms with Crippen molar-refractivity contribution >= 4 is 0 Å². The minimum absolute atomic E-state index is 0.0361. The van der Waals surface area contributed by atoms with E-state index in [9.17, 15) is 0 Å². The Bertz CT molecular complexity index is 357. The summed E-state index contributed by atoms with van der Waals surface area (Å²) in [6.45, 7) is 6.37. The number of hydrogen-bond acceptors (Lipinski definition) is 3. The van der Waals surface area contributed by atoms with Crippen LogP contribution in [0.1, 0.15) is 51.6 Å². The second-order valence-electron chi connectivity index (χ2n) is 5.05. The highest BCUT2D eigenvalue weighted by molar-refractivity contribution is 5.32. The summed E-state index contributed by atoms with van der Waals surface area (Å²) in [5, 5.41) is 8.21. The number of nitrogens with zero attached hydrogens (tertiary/aromatic N) is 2. The van der Waals surface area contributed by atoms with Crippen LogP contribution in [0.25, 0.3) is 0 Å². The number of rotatable bonds is 4. The van der Waals surface area contributed by atoms with Gasteiger partial charge in [0.05, 0.1) is 18.8 Å². The fraction of sp³-hybridized carbons (Fsp3) is 0.786. The van der Waals surface area contributed by atoms with Gasteiger partial charge in [0.25, 0.3) is 0 Å². The summed E-state index contributed by atoms with van der Waals surface area (Å²) in [7, 11) is 1.74. The van der Waals surface area contributed by atoms with E-state index in [0.29, 0.717) is 0 Å². The maximum atomic E-state index is 5.53. The molecule has 102 valence electrons. The third kappa shape index (κ3) is 2.26. The first-order valence-electron chi connectivity index (χ1n) is 7.12. The number of aromatic nitrogens is 2. The van der Waals surface area contributed by atoms with Crippen molar-refractivity contribution in [1.29, 1.82) is 0 Å². The Balaban J connectivity index is 2.44. The molecule has 18 heavy (non-hydrogen) atoms. The Hall–Kier alpha value is -1.03. The van der Waals surface area contributed by atoms with Crippen LogP contribution in [0.15, 0.2) is 6.20 Å². The third-order valence-corrected chi connectivity index (χ3v) is 4.13. The summed E-state index contributed by atoms with van der Waals surface area (Å²) >= 11 is 0.